The zero-order valence-electron chi connectivity index (χ0n) is 14.1. The fraction of sp³-hybridized carbons (Fsp3) is 0.800. The number of carbonyl (C=O) groups excluding carboxylic acids is 1. The van der Waals surface area contributed by atoms with Crippen LogP contribution in [-0.4, -0.2) is 51.7 Å². The van der Waals surface area contributed by atoms with Gasteiger partial charge in [-0.1, -0.05) is 32.9 Å². The van der Waals surface area contributed by atoms with E-state index in [4.69, 9.17) is 13.9 Å². The summed E-state index contributed by atoms with van der Waals surface area (Å²) >= 11 is 1.56. The van der Waals surface area contributed by atoms with Crippen LogP contribution in [0.15, 0.2) is 12.2 Å². The van der Waals surface area contributed by atoms with Gasteiger partial charge < -0.3 is 13.9 Å². The molecule has 0 fully saturated rings. The molecule has 0 bridgehead atoms. The van der Waals surface area contributed by atoms with Crippen molar-refractivity contribution >= 4 is 26.0 Å². The van der Waals surface area contributed by atoms with Crippen LogP contribution in [0.2, 0.25) is 18.1 Å². The number of thioether (sulfide) groups is 1. The lowest BCUT2D eigenvalue weighted by Gasteiger charge is -2.38. The van der Waals surface area contributed by atoms with Crippen molar-refractivity contribution in [1.29, 1.82) is 0 Å². The van der Waals surface area contributed by atoms with Crippen molar-refractivity contribution in [2.45, 2.75) is 55.5 Å². The van der Waals surface area contributed by atoms with Crippen molar-refractivity contribution in [1.82, 2.24) is 0 Å². The Kier molecular flexibility index (Phi) is 6.52. The average Bonchev–Trinajstić information content (AvgIpc) is 2.42. The highest BCUT2D eigenvalue weighted by molar-refractivity contribution is 8.01. The Morgan fingerprint density at radius 2 is 1.86 bits per heavy atom. The molecule has 6 heteroatoms. The van der Waals surface area contributed by atoms with E-state index in [0.717, 1.165) is 0 Å². The lowest BCUT2D eigenvalue weighted by atomic mass is 10.2. The lowest BCUT2D eigenvalue weighted by Crippen LogP contribution is -2.43. The summed E-state index contributed by atoms with van der Waals surface area (Å²) in [6.07, 6.45) is 3.79. The molecule has 122 valence electrons. The maximum Gasteiger partial charge on any atom is 0.321 e. The van der Waals surface area contributed by atoms with Crippen molar-refractivity contribution in [3.63, 3.8) is 0 Å². The first-order valence-electron chi connectivity index (χ1n) is 7.20. The summed E-state index contributed by atoms with van der Waals surface area (Å²) in [5, 5.41) is 0.0278. The maximum absolute atomic E-state index is 11.9. The van der Waals surface area contributed by atoms with E-state index in [9.17, 15) is 4.79 Å². The van der Waals surface area contributed by atoms with Crippen LogP contribution in [0, 0.1) is 0 Å². The van der Waals surface area contributed by atoms with E-state index in [1.54, 1.807) is 18.9 Å². The topological polar surface area (TPSA) is 44.8 Å². The predicted molar refractivity (Wildman–Crippen MR) is 90.3 cm³/mol. The molecular formula is C15H28O4SSi. The van der Waals surface area contributed by atoms with E-state index in [-0.39, 0.29) is 27.6 Å². The van der Waals surface area contributed by atoms with Gasteiger partial charge in [0.1, 0.15) is 5.25 Å². The first kappa shape index (κ1) is 18.7. The SMILES string of the molecule is COC(=O)[C@@H]1S[C@H](CO[Si](C)(C)C(C)(C)C)C=C[C@@H]1OC. The summed E-state index contributed by atoms with van der Waals surface area (Å²) in [6, 6.07) is 0. The molecule has 0 saturated heterocycles. The molecule has 4 nitrogen and oxygen atoms in total. The molecule has 0 aliphatic carbocycles. The highest BCUT2D eigenvalue weighted by Crippen LogP contribution is 2.38. The van der Waals surface area contributed by atoms with Crippen LogP contribution in [0.25, 0.3) is 0 Å². The fourth-order valence-electron chi connectivity index (χ4n) is 1.76. The number of methoxy groups -OCH3 is 2. The minimum Gasteiger partial charge on any atom is -0.468 e. The summed E-state index contributed by atoms with van der Waals surface area (Å²) in [5.41, 5.74) is 0. The van der Waals surface area contributed by atoms with Crippen LogP contribution >= 0.6 is 11.8 Å². The summed E-state index contributed by atoms with van der Waals surface area (Å²) in [4.78, 5) is 11.9. The van der Waals surface area contributed by atoms with Crippen molar-refractivity contribution in [2.24, 2.45) is 0 Å². The van der Waals surface area contributed by atoms with Gasteiger partial charge in [0.05, 0.1) is 13.2 Å². The molecule has 0 spiro atoms. The van der Waals surface area contributed by atoms with Crippen molar-refractivity contribution in [2.75, 3.05) is 20.8 Å². The van der Waals surface area contributed by atoms with E-state index < -0.39 is 8.32 Å². The molecule has 1 heterocycles. The average molecular weight is 333 g/mol. The van der Waals surface area contributed by atoms with Crippen LogP contribution in [0.3, 0.4) is 0 Å². The Morgan fingerprint density at radius 3 is 2.33 bits per heavy atom. The van der Waals surface area contributed by atoms with E-state index in [2.05, 4.69) is 39.9 Å². The van der Waals surface area contributed by atoms with Crippen LogP contribution in [-0.2, 0) is 18.7 Å². The Balaban J connectivity index is 2.68. The van der Waals surface area contributed by atoms with E-state index in [0.29, 0.717) is 6.61 Å². The molecule has 0 amide bonds. The van der Waals surface area contributed by atoms with Gasteiger partial charge in [0, 0.05) is 19.0 Å². The predicted octanol–water partition coefficient (Wildman–Crippen LogP) is 3.24. The molecule has 21 heavy (non-hydrogen) atoms. The molecule has 1 aliphatic rings. The number of ether oxygens (including phenoxy) is 2. The van der Waals surface area contributed by atoms with Gasteiger partial charge in [-0.2, -0.15) is 0 Å². The molecule has 0 N–H and O–H groups in total. The van der Waals surface area contributed by atoms with Crippen molar-refractivity contribution in [3.8, 4) is 0 Å². The number of rotatable bonds is 5. The zero-order chi connectivity index (χ0) is 16.3. The van der Waals surface area contributed by atoms with Gasteiger partial charge in [-0.05, 0) is 18.1 Å². The highest BCUT2D eigenvalue weighted by atomic mass is 32.2. The summed E-state index contributed by atoms with van der Waals surface area (Å²) in [7, 11) is 1.25. The Labute approximate surface area is 133 Å². The van der Waals surface area contributed by atoms with Gasteiger partial charge in [-0.25, -0.2) is 0 Å². The van der Waals surface area contributed by atoms with Crippen LogP contribution in [0.4, 0.5) is 0 Å². The molecule has 0 saturated carbocycles. The third kappa shape index (κ3) is 4.84. The van der Waals surface area contributed by atoms with Gasteiger partial charge >= 0.3 is 5.97 Å². The normalized spacial score (nSPS) is 26.7. The van der Waals surface area contributed by atoms with Crippen LogP contribution in [0.5, 0.6) is 0 Å². The summed E-state index contributed by atoms with van der Waals surface area (Å²) < 4.78 is 16.4. The van der Waals surface area contributed by atoms with Crippen LogP contribution < -0.4 is 0 Å². The molecule has 0 radical (unpaired) electrons. The first-order valence-corrected chi connectivity index (χ1v) is 11.1. The van der Waals surface area contributed by atoms with Gasteiger partial charge in [0.2, 0.25) is 0 Å². The standard InChI is InChI=1S/C15H28O4SSi/c1-15(2,3)21(6,7)19-10-11-8-9-12(17-4)13(20-11)14(16)18-5/h8-9,11-13H,10H2,1-7H3/t11-,12-,13+/m0/s1. The molecule has 0 unspecified atom stereocenters. The smallest absolute Gasteiger partial charge is 0.321 e. The number of hydrogen-bond donors (Lipinski definition) is 0. The summed E-state index contributed by atoms with van der Waals surface area (Å²) in [5.74, 6) is -0.242. The minimum atomic E-state index is -1.77. The third-order valence-corrected chi connectivity index (χ3v) is 10.2. The van der Waals surface area contributed by atoms with E-state index >= 15 is 0 Å². The van der Waals surface area contributed by atoms with Gasteiger partial charge in [-0.15, -0.1) is 11.8 Å². The van der Waals surface area contributed by atoms with Gasteiger partial charge in [-0.3, -0.25) is 4.79 Å². The summed E-state index contributed by atoms with van der Waals surface area (Å²) in [6.45, 7) is 11.8. The van der Waals surface area contributed by atoms with E-state index in [1.165, 1.54) is 7.11 Å². The molecular weight excluding hydrogens is 304 g/mol. The largest absolute Gasteiger partial charge is 0.468 e. The lowest BCUT2D eigenvalue weighted by molar-refractivity contribution is -0.141. The molecule has 1 aliphatic heterocycles. The Hall–Kier alpha value is -0.303. The molecule has 0 aromatic heterocycles. The third-order valence-electron chi connectivity index (χ3n) is 4.26. The number of esters is 1. The fourth-order valence-corrected chi connectivity index (χ4v) is 4.17. The molecule has 1 rings (SSSR count). The van der Waals surface area contributed by atoms with Crippen molar-refractivity contribution in [3.05, 3.63) is 12.2 Å². The second-order valence-electron chi connectivity index (χ2n) is 6.77. The number of hydrogen-bond acceptors (Lipinski definition) is 5. The maximum atomic E-state index is 11.9. The first-order chi connectivity index (χ1) is 9.62. The van der Waals surface area contributed by atoms with Gasteiger partial charge in [0.25, 0.3) is 0 Å². The minimum absolute atomic E-state index is 0.162. The Morgan fingerprint density at radius 1 is 1.24 bits per heavy atom. The second kappa shape index (κ2) is 7.31. The van der Waals surface area contributed by atoms with Crippen LogP contribution in [0.1, 0.15) is 20.8 Å². The van der Waals surface area contributed by atoms with Gasteiger partial charge in [0.15, 0.2) is 8.32 Å². The van der Waals surface area contributed by atoms with Crippen molar-refractivity contribution < 1.29 is 18.7 Å². The molecule has 0 aromatic rings. The monoisotopic (exact) mass is 332 g/mol. The highest BCUT2D eigenvalue weighted by Gasteiger charge is 2.39. The quantitative estimate of drug-likeness (QED) is 0.439. The van der Waals surface area contributed by atoms with E-state index in [1.807, 2.05) is 6.08 Å². The molecule has 3 atom stereocenters. The second-order valence-corrected chi connectivity index (χ2v) is 13.0. The Bertz CT molecular complexity index is 390. The number of carbonyl (C=O) groups is 1. The molecule has 0 aromatic carbocycles. The zero-order valence-corrected chi connectivity index (χ0v) is 16.0.